The second-order valence-corrected chi connectivity index (χ2v) is 8.88. The van der Waals surface area contributed by atoms with Gasteiger partial charge in [0.1, 0.15) is 0 Å². The molecule has 0 amide bonds. The van der Waals surface area contributed by atoms with Gasteiger partial charge in [0.25, 0.3) is 0 Å². The molecule has 0 saturated heterocycles. The smallest absolute Gasteiger partial charge is 0.309 e. The lowest BCUT2D eigenvalue weighted by Crippen LogP contribution is -2.53. The number of unbranched alkanes of at least 4 members (excludes halogenated alkanes) is 10. The van der Waals surface area contributed by atoms with E-state index in [0.717, 1.165) is 32.1 Å². The summed E-state index contributed by atoms with van der Waals surface area (Å²) in [5.41, 5.74) is 0. The summed E-state index contributed by atoms with van der Waals surface area (Å²) in [6.45, 7) is 3.52. The molecule has 0 heterocycles. The molecule has 0 fully saturated rings. The van der Waals surface area contributed by atoms with Crippen molar-refractivity contribution in [2.24, 2.45) is 0 Å². The molecule has 0 spiro atoms. The minimum absolute atomic E-state index is 0.103. The minimum atomic E-state index is -1.19. The second kappa shape index (κ2) is 19.8. The van der Waals surface area contributed by atoms with Crippen LogP contribution in [0.25, 0.3) is 0 Å². The Kier molecular flexibility index (Phi) is 18.6. The van der Waals surface area contributed by atoms with Crippen molar-refractivity contribution in [2.45, 2.75) is 103 Å². The largest absolute Gasteiger partial charge is 0.550 e. The van der Waals surface area contributed by atoms with Gasteiger partial charge in [-0.05, 0) is 38.5 Å². The van der Waals surface area contributed by atoms with E-state index in [1.54, 1.807) is 0 Å². The van der Waals surface area contributed by atoms with E-state index < -0.39 is 17.9 Å². The van der Waals surface area contributed by atoms with E-state index in [-0.39, 0.29) is 43.4 Å². The zero-order valence-electron chi connectivity index (χ0n) is 20.1. The highest BCUT2D eigenvalue weighted by Gasteiger charge is 2.28. The number of carbonyl (C=O) groups is 3. The van der Waals surface area contributed by atoms with Crippen molar-refractivity contribution in [1.82, 2.24) is 0 Å². The fraction of sp³-hybridized carbons (Fsp3) is 0.800. The van der Waals surface area contributed by atoms with Crippen LogP contribution in [0.1, 0.15) is 103 Å². The van der Waals surface area contributed by atoms with Gasteiger partial charge in [-0.2, -0.15) is 0 Å². The van der Waals surface area contributed by atoms with Gasteiger partial charge in [0.15, 0.2) is 0 Å². The lowest BCUT2D eigenvalue weighted by Gasteiger charge is -2.38. The highest BCUT2D eigenvalue weighted by molar-refractivity contribution is 5.67. The second-order valence-electron chi connectivity index (χ2n) is 8.88. The van der Waals surface area contributed by atoms with Gasteiger partial charge in [0.2, 0.25) is 0 Å². The van der Waals surface area contributed by atoms with Crippen LogP contribution in [0.15, 0.2) is 12.2 Å². The molecule has 0 aromatic carbocycles. The molecule has 0 aliphatic carbocycles. The normalized spacial score (nSPS) is 11.8. The summed E-state index contributed by atoms with van der Waals surface area (Å²) in [5, 5.41) is 29.1. The van der Waals surface area contributed by atoms with Gasteiger partial charge in [-0.1, -0.05) is 57.6 Å². The minimum Gasteiger partial charge on any atom is -0.550 e. The first-order valence-electron chi connectivity index (χ1n) is 12.4. The molecule has 2 N–H and O–H groups in total. The van der Waals surface area contributed by atoms with Gasteiger partial charge in [-0.3, -0.25) is 9.59 Å². The molecule has 0 aromatic rings. The van der Waals surface area contributed by atoms with E-state index in [1.807, 2.05) is 0 Å². The monoisotopic (exact) mass is 455 g/mol. The van der Waals surface area contributed by atoms with Crippen molar-refractivity contribution in [1.29, 1.82) is 0 Å². The Morgan fingerprint density at radius 3 is 1.56 bits per heavy atom. The van der Waals surface area contributed by atoms with Crippen LogP contribution in [-0.4, -0.2) is 58.8 Å². The molecule has 32 heavy (non-hydrogen) atoms. The summed E-state index contributed by atoms with van der Waals surface area (Å²) in [7, 11) is 0. The summed E-state index contributed by atoms with van der Waals surface area (Å²) < 4.78 is 0.209. The van der Waals surface area contributed by atoms with Crippen molar-refractivity contribution < 1.29 is 34.2 Å². The summed E-state index contributed by atoms with van der Waals surface area (Å²) in [5.74, 6) is -3.10. The van der Waals surface area contributed by atoms with Gasteiger partial charge in [-0.15, -0.1) is 0 Å². The molecule has 0 aromatic heterocycles. The Morgan fingerprint density at radius 1 is 0.656 bits per heavy atom. The predicted molar refractivity (Wildman–Crippen MR) is 124 cm³/mol. The summed E-state index contributed by atoms with van der Waals surface area (Å²) in [6.07, 6.45) is 18.2. The molecular weight excluding hydrogens is 410 g/mol. The number of carboxylic acids is 3. The van der Waals surface area contributed by atoms with Crippen LogP contribution >= 0.6 is 0 Å². The van der Waals surface area contributed by atoms with E-state index in [2.05, 4.69) is 19.1 Å². The molecule has 0 rings (SSSR count). The van der Waals surface area contributed by atoms with Crippen molar-refractivity contribution in [3.05, 3.63) is 12.2 Å². The highest BCUT2D eigenvalue weighted by atomic mass is 16.4. The van der Waals surface area contributed by atoms with E-state index in [0.29, 0.717) is 6.54 Å². The molecule has 7 heteroatoms. The third kappa shape index (κ3) is 18.8. The first-order valence-corrected chi connectivity index (χ1v) is 12.4. The third-order valence-electron chi connectivity index (χ3n) is 6.03. The Labute approximate surface area is 194 Å². The van der Waals surface area contributed by atoms with Crippen molar-refractivity contribution in [3.63, 3.8) is 0 Å². The lowest BCUT2D eigenvalue weighted by molar-refractivity contribution is -0.927. The number of nitrogens with zero attached hydrogens (tertiary/aromatic N) is 1. The molecule has 0 aliphatic rings. The Bertz CT molecular complexity index is 501. The first kappa shape index (κ1) is 30.1. The van der Waals surface area contributed by atoms with Gasteiger partial charge in [0, 0.05) is 12.4 Å². The molecule has 0 aliphatic heterocycles. The third-order valence-corrected chi connectivity index (χ3v) is 6.03. The van der Waals surface area contributed by atoms with E-state index in [9.17, 15) is 19.5 Å². The maximum absolute atomic E-state index is 11.1. The van der Waals surface area contributed by atoms with Gasteiger partial charge < -0.3 is 24.6 Å². The number of carbonyl (C=O) groups excluding carboxylic acids is 1. The summed E-state index contributed by atoms with van der Waals surface area (Å²) in [4.78, 5) is 33.1. The van der Waals surface area contributed by atoms with E-state index >= 15 is 0 Å². The van der Waals surface area contributed by atoms with Crippen LogP contribution < -0.4 is 5.11 Å². The maximum Gasteiger partial charge on any atom is 0.309 e. The predicted octanol–water partition coefficient (Wildman–Crippen LogP) is 4.15. The van der Waals surface area contributed by atoms with Gasteiger partial charge >= 0.3 is 11.9 Å². The fourth-order valence-corrected chi connectivity index (χ4v) is 4.01. The molecule has 0 bridgehead atoms. The standard InChI is InChI=1S/C25H45NO6/c1-2-3-4-5-6-7-8-9-10-11-12-13-14-15-19-26(20-16-23(27)28,21-17-24(29)30)22-18-25(31)32/h10-11H,2-9,12-22H2,1H3,(H2-,27,28,29,30,31,32)/b11-10+. The quantitative estimate of drug-likeness (QED) is 0.136. The van der Waals surface area contributed by atoms with Crippen LogP contribution in [-0.2, 0) is 14.4 Å². The number of aliphatic carboxylic acids is 3. The fourth-order valence-electron chi connectivity index (χ4n) is 4.01. The van der Waals surface area contributed by atoms with Gasteiger partial charge in [0.05, 0.1) is 39.0 Å². The zero-order valence-corrected chi connectivity index (χ0v) is 20.1. The zero-order chi connectivity index (χ0) is 24.1. The number of hydrogen-bond acceptors (Lipinski definition) is 4. The average molecular weight is 456 g/mol. The van der Waals surface area contributed by atoms with Crippen LogP contribution in [0.3, 0.4) is 0 Å². The van der Waals surface area contributed by atoms with Crippen LogP contribution in [0.5, 0.6) is 0 Å². The number of rotatable bonds is 23. The topological polar surface area (TPSA) is 115 Å². The Balaban J connectivity index is 4.27. The number of quaternary nitrogens is 1. The number of hydrogen-bond donors (Lipinski definition) is 2. The van der Waals surface area contributed by atoms with Gasteiger partial charge in [-0.25, -0.2) is 0 Å². The first-order chi connectivity index (χ1) is 15.3. The molecule has 0 atom stereocenters. The van der Waals surface area contributed by atoms with Crippen LogP contribution in [0.2, 0.25) is 0 Å². The highest BCUT2D eigenvalue weighted by Crippen LogP contribution is 2.16. The Hall–Kier alpha value is -1.89. The lowest BCUT2D eigenvalue weighted by atomic mass is 10.1. The number of carboxylic acid groups (broad SMARTS) is 3. The molecule has 0 radical (unpaired) electrons. The molecular formula is C25H45NO6. The SMILES string of the molecule is CCCCCCCCC/C=C/CCCCC[N+](CCC(=O)[O-])(CCC(=O)O)CCC(=O)O. The maximum atomic E-state index is 11.1. The Morgan fingerprint density at radius 2 is 1.09 bits per heavy atom. The van der Waals surface area contributed by atoms with E-state index in [1.165, 1.54) is 44.9 Å². The van der Waals surface area contributed by atoms with Crippen molar-refractivity contribution >= 4 is 17.9 Å². The molecule has 0 saturated carbocycles. The average Bonchev–Trinajstić information content (AvgIpc) is 2.74. The molecule has 0 unspecified atom stereocenters. The number of allylic oxidation sites excluding steroid dienone is 2. The molecule has 7 nitrogen and oxygen atoms in total. The van der Waals surface area contributed by atoms with E-state index in [4.69, 9.17) is 10.2 Å². The molecule has 186 valence electrons. The van der Waals surface area contributed by atoms with Crippen molar-refractivity contribution in [2.75, 3.05) is 26.2 Å². The summed E-state index contributed by atoms with van der Waals surface area (Å²) >= 11 is 0. The van der Waals surface area contributed by atoms with Crippen molar-refractivity contribution in [3.8, 4) is 0 Å². The summed E-state index contributed by atoms with van der Waals surface area (Å²) in [6, 6.07) is 0. The van der Waals surface area contributed by atoms with Crippen LogP contribution in [0.4, 0.5) is 0 Å². The van der Waals surface area contributed by atoms with Crippen LogP contribution in [0, 0.1) is 0 Å².